The number of anilines is 3. The van der Waals surface area contributed by atoms with Gasteiger partial charge in [-0.1, -0.05) is 17.7 Å². The number of aryl methyl sites for hydroxylation is 1. The number of nitrogens with one attached hydrogen (secondary N) is 1. The molecule has 20 heavy (non-hydrogen) atoms. The molecule has 0 unspecified atom stereocenters. The normalized spacial score (nSPS) is 14.6. The lowest BCUT2D eigenvalue weighted by atomic mass is 10.2. The second-order valence-electron chi connectivity index (χ2n) is 4.92. The SMILES string of the molecule is Cc1ccc(Cl)cc1Nc1nncc(N2CCCC2)n1. The van der Waals surface area contributed by atoms with Gasteiger partial charge in [0.05, 0.1) is 6.20 Å². The summed E-state index contributed by atoms with van der Waals surface area (Å²) >= 11 is 6.01. The molecule has 2 heterocycles. The van der Waals surface area contributed by atoms with Crippen LogP contribution in [0.2, 0.25) is 5.02 Å². The molecule has 0 spiro atoms. The van der Waals surface area contributed by atoms with Crippen LogP contribution < -0.4 is 10.2 Å². The van der Waals surface area contributed by atoms with Crippen LogP contribution in [0.1, 0.15) is 18.4 Å². The van der Waals surface area contributed by atoms with Crippen molar-refractivity contribution in [2.75, 3.05) is 23.3 Å². The van der Waals surface area contributed by atoms with E-state index in [9.17, 15) is 0 Å². The number of aromatic nitrogens is 3. The monoisotopic (exact) mass is 289 g/mol. The van der Waals surface area contributed by atoms with E-state index in [0.717, 1.165) is 30.2 Å². The van der Waals surface area contributed by atoms with Crippen LogP contribution in [0, 0.1) is 6.92 Å². The quantitative estimate of drug-likeness (QED) is 0.940. The molecule has 1 saturated heterocycles. The maximum atomic E-state index is 6.01. The zero-order valence-corrected chi connectivity index (χ0v) is 12.1. The third kappa shape index (κ3) is 2.82. The average Bonchev–Trinajstić information content (AvgIpc) is 2.97. The smallest absolute Gasteiger partial charge is 0.249 e. The largest absolute Gasteiger partial charge is 0.355 e. The Kier molecular flexibility index (Phi) is 3.69. The van der Waals surface area contributed by atoms with Crippen LogP contribution in [-0.4, -0.2) is 28.3 Å². The maximum absolute atomic E-state index is 6.01. The van der Waals surface area contributed by atoms with Gasteiger partial charge in [0, 0.05) is 23.8 Å². The van der Waals surface area contributed by atoms with Gasteiger partial charge in [-0.25, -0.2) is 0 Å². The van der Waals surface area contributed by atoms with E-state index in [1.165, 1.54) is 12.8 Å². The molecule has 0 amide bonds. The molecule has 5 nitrogen and oxygen atoms in total. The van der Waals surface area contributed by atoms with Crippen LogP contribution in [0.15, 0.2) is 24.4 Å². The van der Waals surface area contributed by atoms with Gasteiger partial charge < -0.3 is 10.2 Å². The van der Waals surface area contributed by atoms with Crippen molar-refractivity contribution in [3.8, 4) is 0 Å². The van der Waals surface area contributed by atoms with Gasteiger partial charge in [-0.3, -0.25) is 0 Å². The van der Waals surface area contributed by atoms with E-state index in [1.54, 1.807) is 6.20 Å². The zero-order valence-electron chi connectivity index (χ0n) is 11.3. The molecule has 3 rings (SSSR count). The number of benzene rings is 1. The summed E-state index contributed by atoms with van der Waals surface area (Å²) in [5, 5.41) is 11.9. The van der Waals surface area contributed by atoms with E-state index in [-0.39, 0.29) is 0 Å². The van der Waals surface area contributed by atoms with E-state index < -0.39 is 0 Å². The Bertz CT molecular complexity index is 610. The number of hydrogen-bond donors (Lipinski definition) is 1. The zero-order chi connectivity index (χ0) is 13.9. The van der Waals surface area contributed by atoms with Crippen LogP contribution >= 0.6 is 11.6 Å². The average molecular weight is 290 g/mol. The summed E-state index contributed by atoms with van der Waals surface area (Å²) in [5.74, 6) is 1.37. The van der Waals surface area contributed by atoms with Crippen molar-refractivity contribution in [1.82, 2.24) is 15.2 Å². The van der Waals surface area contributed by atoms with Crippen LogP contribution in [0.5, 0.6) is 0 Å². The van der Waals surface area contributed by atoms with Crippen molar-refractivity contribution < 1.29 is 0 Å². The molecular formula is C14H16ClN5. The number of nitrogens with zero attached hydrogens (tertiary/aromatic N) is 4. The Morgan fingerprint density at radius 1 is 1.25 bits per heavy atom. The van der Waals surface area contributed by atoms with Crippen LogP contribution in [0.25, 0.3) is 0 Å². The summed E-state index contributed by atoms with van der Waals surface area (Å²) in [7, 11) is 0. The van der Waals surface area contributed by atoms with Crippen LogP contribution in [0.3, 0.4) is 0 Å². The topological polar surface area (TPSA) is 53.9 Å². The van der Waals surface area contributed by atoms with Crippen molar-refractivity contribution in [3.63, 3.8) is 0 Å². The van der Waals surface area contributed by atoms with Gasteiger partial charge >= 0.3 is 0 Å². The van der Waals surface area contributed by atoms with Gasteiger partial charge in [-0.2, -0.15) is 10.1 Å². The first-order chi connectivity index (χ1) is 9.72. The molecule has 104 valence electrons. The Balaban J connectivity index is 1.83. The van der Waals surface area contributed by atoms with Gasteiger partial charge in [0.25, 0.3) is 0 Å². The van der Waals surface area contributed by atoms with Crippen molar-refractivity contribution in [3.05, 3.63) is 35.0 Å². The molecule has 1 aliphatic heterocycles. The number of rotatable bonds is 3. The predicted molar refractivity (Wildman–Crippen MR) is 80.7 cm³/mol. The molecule has 1 fully saturated rings. The van der Waals surface area contributed by atoms with Crippen LogP contribution in [0.4, 0.5) is 17.5 Å². The van der Waals surface area contributed by atoms with Crippen LogP contribution in [-0.2, 0) is 0 Å². The lowest BCUT2D eigenvalue weighted by Crippen LogP contribution is -2.20. The van der Waals surface area contributed by atoms with Crippen molar-refractivity contribution in [2.45, 2.75) is 19.8 Å². The molecule has 0 atom stereocenters. The molecular weight excluding hydrogens is 274 g/mol. The second kappa shape index (κ2) is 5.63. The van der Waals surface area contributed by atoms with Crippen molar-refractivity contribution in [1.29, 1.82) is 0 Å². The molecule has 0 bridgehead atoms. The molecule has 1 aromatic heterocycles. The van der Waals surface area contributed by atoms with E-state index >= 15 is 0 Å². The second-order valence-corrected chi connectivity index (χ2v) is 5.35. The summed E-state index contributed by atoms with van der Waals surface area (Å²) < 4.78 is 0. The highest BCUT2D eigenvalue weighted by molar-refractivity contribution is 6.30. The number of hydrogen-bond acceptors (Lipinski definition) is 5. The fourth-order valence-electron chi connectivity index (χ4n) is 2.30. The highest BCUT2D eigenvalue weighted by Crippen LogP contribution is 2.23. The fourth-order valence-corrected chi connectivity index (χ4v) is 2.47. The summed E-state index contributed by atoms with van der Waals surface area (Å²) in [6.07, 6.45) is 4.13. The molecule has 0 radical (unpaired) electrons. The summed E-state index contributed by atoms with van der Waals surface area (Å²) in [5.41, 5.74) is 1.99. The fraction of sp³-hybridized carbons (Fsp3) is 0.357. The first-order valence-corrected chi connectivity index (χ1v) is 7.08. The third-order valence-electron chi connectivity index (χ3n) is 3.42. The molecule has 1 aromatic carbocycles. The van der Waals surface area contributed by atoms with E-state index in [4.69, 9.17) is 11.6 Å². The maximum Gasteiger partial charge on any atom is 0.249 e. The highest BCUT2D eigenvalue weighted by atomic mass is 35.5. The standard InChI is InChI=1S/C14H16ClN5/c1-10-4-5-11(15)8-12(10)17-14-18-13(9-16-19-14)20-6-2-3-7-20/h4-5,8-9H,2-3,6-7H2,1H3,(H,17,18,19). The van der Waals surface area contributed by atoms with E-state index in [1.807, 2.05) is 25.1 Å². The van der Waals surface area contributed by atoms with Gasteiger partial charge in [0.15, 0.2) is 5.82 Å². The van der Waals surface area contributed by atoms with Gasteiger partial charge in [0.1, 0.15) is 0 Å². The minimum Gasteiger partial charge on any atom is -0.355 e. The molecule has 1 aliphatic rings. The van der Waals surface area contributed by atoms with Gasteiger partial charge in [-0.15, -0.1) is 5.10 Å². The lowest BCUT2D eigenvalue weighted by Gasteiger charge is -2.16. The molecule has 6 heteroatoms. The minimum atomic E-state index is 0.500. The highest BCUT2D eigenvalue weighted by Gasteiger charge is 2.14. The van der Waals surface area contributed by atoms with Gasteiger partial charge in [0.2, 0.25) is 5.95 Å². The Morgan fingerprint density at radius 2 is 2.05 bits per heavy atom. The molecule has 1 N–H and O–H groups in total. The van der Waals surface area contributed by atoms with E-state index in [2.05, 4.69) is 25.4 Å². The molecule has 2 aromatic rings. The summed E-state index contributed by atoms with van der Waals surface area (Å²) in [6, 6.07) is 5.69. The van der Waals surface area contributed by atoms with Crippen molar-refractivity contribution >= 4 is 29.1 Å². The summed E-state index contributed by atoms with van der Waals surface area (Å²) in [4.78, 5) is 6.75. The Morgan fingerprint density at radius 3 is 2.85 bits per heavy atom. The van der Waals surface area contributed by atoms with Gasteiger partial charge in [-0.05, 0) is 37.5 Å². The Labute approximate surface area is 123 Å². The molecule has 0 saturated carbocycles. The first kappa shape index (κ1) is 13.1. The summed E-state index contributed by atoms with van der Waals surface area (Å²) in [6.45, 7) is 4.08. The first-order valence-electron chi connectivity index (χ1n) is 6.70. The van der Waals surface area contributed by atoms with E-state index in [0.29, 0.717) is 11.0 Å². The minimum absolute atomic E-state index is 0.500. The third-order valence-corrected chi connectivity index (χ3v) is 3.66. The Hall–Kier alpha value is -1.88. The molecule has 0 aliphatic carbocycles. The predicted octanol–water partition coefficient (Wildman–Crippen LogP) is 3.18. The van der Waals surface area contributed by atoms with Crippen molar-refractivity contribution in [2.24, 2.45) is 0 Å². The lowest BCUT2D eigenvalue weighted by molar-refractivity contribution is 0.890. The number of halogens is 1.